The van der Waals surface area contributed by atoms with Crippen LogP contribution in [0.1, 0.15) is 12.8 Å². The second kappa shape index (κ2) is 5.64. The third-order valence-electron chi connectivity index (χ3n) is 2.98. The van der Waals surface area contributed by atoms with Gasteiger partial charge in [-0.15, -0.1) is 11.3 Å². The first kappa shape index (κ1) is 14.6. The highest BCUT2D eigenvalue weighted by atomic mass is 35.5. The molecule has 2 rings (SSSR count). The number of rotatable bonds is 3. The molecule has 1 N–H and O–H groups in total. The lowest BCUT2D eigenvalue weighted by Gasteiger charge is -2.30. The van der Waals surface area contributed by atoms with Crippen molar-refractivity contribution in [2.24, 2.45) is 5.92 Å². The Morgan fingerprint density at radius 3 is 2.78 bits per heavy atom. The minimum absolute atomic E-state index is 0.00130. The van der Waals surface area contributed by atoms with Crippen molar-refractivity contribution in [3.05, 3.63) is 14.7 Å². The summed E-state index contributed by atoms with van der Waals surface area (Å²) in [5, 5.41) is 9.14. The van der Waals surface area contributed by atoms with Crippen LogP contribution in [0.3, 0.4) is 0 Å². The molecule has 0 spiro atoms. The van der Waals surface area contributed by atoms with Crippen molar-refractivity contribution in [3.8, 4) is 0 Å². The molecule has 0 saturated carbocycles. The van der Waals surface area contributed by atoms with Gasteiger partial charge in [0, 0.05) is 19.7 Å². The van der Waals surface area contributed by atoms with Gasteiger partial charge in [-0.3, -0.25) is 0 Å². The maximum absolute atomic E-state index is 12.4. The van der Waals surface area contributed by atoms with Crippen molar-refractivity contribution < 1.29 is 13.5 Å². The summed E-state index contributed by atoms with van der Waals surface area (Å²) in [6.07, 6.45) is 1.60. The number of piperidine rings is 1. The van der Waals surface area contributed by atoms with Crippen LogP contribution < -0.4 is 0 Å². The predicted molar refractivity (Wildman–Crippen MR) is 72.9 cm³/mol. The highest BCUT2D eigenvalue weighted by Crippen LogP contribution is 2.36. The molecule has 2 heterocycles. The van der Waals surface area contributed by atoms with Crippen LogP contribution in [0, 0.1) is 5.92 Å². The number of nitrogens with zero attached hydrogens (tertiary/aromatic N) is 1. The lowest BCUT2D eigenvalue weighted by atomic mass is 10.0. The van der Waals surface area contributed by atoms with E-state index in [0.717, 1.165) is 24.2 Å². The summed E-state index contributed by atoms with van der Waals surface area (Å²) in [7, 11) is -3.60. The normalized spacial score (nSPS) is 22.3. The van der Waals surface area contributed by atoms with E-state index in [1.165, 1.54) is 10.4 Å². The Morgan fingerprint density at radius 1 is 1.50 bits per heavy atom. The van der Waals surface area contributed by atoms with Crippen molar-refractivity contribution in [3.63, 3.8) is 0 Å². The van der Waals surface area contributed by atoms with Crippen molar-refractivity contribution in [1.29, 1.82) is 0 Å². The lowest BCUT2D eigenvalue weighted by Crippen LogP contribution is -2.40. The molecule has 8 heteroatoms. The number of hydrogen-bond acceptors (Lipinski definition) is 4. The SMILES string of the molecule is O=S(=O)(c1cc(Cl)sc1Cl)N1CCCC(CO)C1. The Kier molecular flexibility index (Phi) is 4.57. The average molecular weight is 330 g/mol. The predicted octanol–water partition coefficient (Wildman–Crippen LogP) is 2.45. The molecule has 1 aliphatic heterocycles. The van der Waals surface area contributed by atoms with Crippen molar-refractivity contribution in [2.75, 3.05) is 19.7 Å². The van der Waals surface area contributed by atoms with Gasteiger partial charge in [0.15, 0.2) is 0 Å². The van der Waals surface area contributed by atoms with Gasteiger partial charge in [0.05, 0.1) is 4.34 Å². The Labute approximate surface area is 120 Å². The third kappa shape index (κ3) is 2.84. The van der Waals surface area contributed by atoms with Crippen LogP contribution in [0.4, 0.5) is 0 Å². The van der Waals surface area contributed by atoms with Crippen LogP contribution in [0.2, 0.25) is 8.67 Å². The molecule has 1 unspecified atom stereocenters. The van der Waals surface area contributed by atoms with E-state index in [9.17, 15) is 8.42 Å². The maximum atomic E-state index is 12.4. The quantitative estimate of drug-likeness (QED) is 0.926. The highest BCUT2D eigenvalue weighted by molar-refractivity contribution is 7.89. The first-order valence-corrected chi connectivity index (χ1v) is 8.52. The van der Waals surface area contributed by atoms with E-state index in [2.05, 4.69) is 0 Å². The molecular weight excluding hydrogens is 317 g/mol. The molecular formula is C10H13Cl2NO3S2. The van der Waals surface area contributed by atoms with Gasteiger partial charge in [-0.2, -0.15) is 4.31 Å². The van der Waals surface area contributed by atoms with Crippen molar-refractivity contribution in [1.82, 2.24) is 4.31 Å². The van der Waals surface area contributed by atoms with Gasteiger partial charge >= 0.3 is 0 Å². The molecule has 102 valence electrons. The molecule has 1 aromatic heterocycles. The molecule has 1 saturated heterocycles. The molecule has 4 nitrogen and oxygen atoms in total. The van der Waals surface area contributed by atoms with Crippen LogP contribution in [-0.2, 0) is 10.0 Å². The maximum Gasteiger partial charge on any atom is 0.245 e. The summed E-state index contributed by atoms with van der Waals surface area (Å²) in [5.74, 6) is 0.00130. The van der Waals surface area contributed by atoms with E-state index in [1.54, 1.807) is 0 Å². The van der Waals surface area contributed by atoms with Gasteiger partial charge in [0.2, 0.25) is 10.0 Å². The Bertz CT molecular complexity index is 529. The zero-order valence-corrected chi connectivity index (χ0v) is 12.6. The van der Waals surface area contributed by atoms with Crippen molar-refractivity contribution in [2.45, 2.75) is 17.7 Å². The summed E-state index contributed by atoms with van der Waals surface area (Å²) in [6, 6.07) is 1.38. The van der Waals surface area contributed by atoms with Crippen LogP contribution in [0.5, 0.6) is 0 Å². The molecule has 0 aliphatic carbocycles. The average Bonchev–Trinajstić information content (AvgIpc) is 2.69. The van der Waals surface area contributed by atoms with E-state index >= 15 is 0 Å². The van der Waals surface area contributed by atoms with Crippen molar-refractivity contribution >= 4 is 44.6 Å². The van der Waals surface area contributed by atoms with Gasteiger partial charge in [-0.1, -0.05) is 23.2 Å². The lowest BCUT2D eigenvalue weighted by molar-refractivity contribution is 0.165. The Morgan fingerprint density at radius 2 is 2.22 bits per heavy atom. The Hall–Kier alpha value is 0.150. The van der Waals surface area contributed by atoms with Crippen LogP contribution >= 0.6 is 34.5 Å². The zero-order valence-electron chi connectivity index (χ0n) is 9.47. The molecule has 1 aromatic rings. The van der Waals surface area contributed by atoms with Crippen LogP contribution in [0.25, 0.3) is 0 Å². The summed E-state index contributed by atoms with van der Waals surface area (Å²) in [4.78, 5) is 0.0674. The fourth-order valence-electron chi connectivity index (χ4n) is 2.03. The molecule has 0 amide bonds. The fourth-order valence-corrected chi connectivity index (χ4v) is 5.70. The van der Waals surface area contributed by atoms with Gasteiger partial charge in [-0.25, -0.2) is 8.42 Å². The second-order valence-corrected chi connectivity index (χ2v) is 8.43. The summed E-state index contributed by atoms with van der Waals surface area (Å²) in [5.41, 5.74) is 0. The first-order valence-electron chi connectivity index (χ1n) is 5.51. The second-order valence-electron chi connectivity index (χ2n) is 4.24. The minimum Gasteiger partial charge on any atom is -0.396 e. The summed E-state index contributed by atoms with van der Waals surface area (Å²) < 4.78 is 26.7. The molecule has 18 heavy (non-hydrogen) atoms. The number of aliphatic hydroxyl groups excluding tert-OH is 1. The number of thiophene rings is 1. The molecule has 1 aliphatic rings. The highest BCUT2D eigenvalue weighted by Gasteiger charge is 2.32. The minimum atomic E-state index is -3.60. The van der Waals surface area contributed by atoms with Crippen LogP contribution in [0.15, 0.2) is 11.0 Å². The summed E-state index contributed by atoms with van der Waals surface area (Å²) >= 11 is 12.7. The fraction of sp³-hybridized carbons (Fsp3) is 0.600. The van der Waals surface area contributed by atoms with E-state index < -0.39 is 10.0 Å². The molecule has 1 atom stereocenters. The number of aliphatic hydroxyl groups is 1. The number of sulfonamides is 1. The Balaban J connectivity index is 2.28. The molecule has 1 fully saturated rings. The van der Waals surface area contributed by atoms with Crippen LogP contribution in [-0.4, -0.2) is 37.5 Å². The zero-order chi connectivity index (χ0) is 13.3. The van der Waals surface area contributed by atoms with Gasteiger partial charge in [-0.05, 0) is 24.8 Å². The largest absolute Gasteiger partial charge is 0.396 e. The number of halogens is 2. The summed E-state index contributed by atoms with van der Waals surface area (Å²) in [6.45, 7) is 0.801. The standard InChI is InChI=1S/C10H13Cl2NO3S2/c11-9-4-8(10(12)17-9)18(15,16)13-3-1-2-7(5-13)6-14/h4,7,14H,1-3,5-6H2. The monoisotopic (exact) mass is 329 g/mol. The van der Waals surface area contributed by atoms with Gasteiger partial charge < -0.3 is 5.11 Å². The van der Waals surface area contributed by atoms with E-state index in [-0.39, 0.29) is 21.8 Å². The van der Waals surface area contributed by atoms with Gasteiger partial charge in [0.1, 0.15) is 9.23 Å². The molecule has 0 aromatic carbocycles. The first-order chi connectivity index (χ1) is 8.45. The topological polar surface area (TPSA) is 57.6 Å². The smallest absolute Gasteiger partial charge is 0.245 e. The molecule has 0 bridgehead atoms. The third-order valence-corrected chi connectivity index (χ3v) is 6.60. The van der Waals surface area contributed by atoms with E-state index in [4.69, 9.17) is 28.3 Å². The van der Waals surface area contributed by atoms with Gasteiger partial charge in [0.25, 0.3) is 0 Å². The van der Waals surface area contributed by atoms with E-state index in [1.807, 2.05) is 0 Å². The van der Waals surface area contributed by atoms with E-state index in [0.29, 0.717) is 17.4 Å². The number of hydrogen-bond donors (Lipinski definition) is 1. The molecule has 0 radical (unpaired) electrons.